The van der Waals surface area contributed by atoms with Gasteiger partial charge in [0, 0.05) is 13.5 Å². The van der Waals surface area contributed by atoms with Gasteiger partial charge >= 0.3 is 0 Å². The summed E-state index contributed by atoms with van der Waals surface area (Å²) in [5, 5.41) is 8.57. The van der Waals surface area contributed by atoms with Crippen molar-refractivity contribution in [2.24, 2.45) is 0 Å². The number of halogens is 1. The van der Waals surface area contributed by atoms with Gasteiger partial charge in [-0.15, -0.1) is 0 Å². The fourth-order valence-electron chi connectivity index (χ4n) is 1.32. The van der Waals surface area contributed by atoms with Crippen LogP contribution in [0.3, 0.4) is 0 Å². The lowest BCUT2D eigenvalue weighted by molar-refractivity contribution is 0.217. The summed E-state index contributed by atoms with van der Waals surface area (Å²) in [7, 11) is -2.16. The van der Waals surface area contributed by atoms with Gasteiger partial charge in [0.15, 0.2) is 0 Å². The molecule has 0 saturated carbocycles. The standard InChI is InChI=1S/C13H16FNO4S/c1-19-8-9-20(17,18)15-12-6-5-11(13(14)10-12)4-2-3-7-16/h5-6,10,15-16H,3,7-9H2,1H3. The van der Waals surface area contributed by atoms with E-state index < -0.39 is 15.8 Å². The number of ether oxygens (including phenoxy) is 1. The molecule has 0 aliphatic heterocycles. The Bertz CT molecular complexity index is 605. The van der Waals surface area contributed by atoms with Crippen LogP contribution in [0.4, 0.5) is 10.1 Å². The van der Waals surface area contributed by atoms with Crippen molar-refractivity contribution in [2.45, 2.75) is 6.42 Å². The number of nitrogens with one attached hydrogen (secondary N) is 1. The SMILES string of the molecule is COCCS(=O)(=O)Nc1ccc(C#CCCO)c(F)c1. The maximum atomic E-state index is 13.7. The quantitative estimate of drug-likeness (QED) is 0.767. The second kappa shape index (κ2) is 7.85. The Hall–Kier alpha value is -1.62. The van der Waals surface area contributed by atoms with Crippen LogP contribution in [0.5, 0.6) is 0 Å². The third kappa shape index (κ3) is 5.57. The van der Waals surface area contributed by atoms with Gasteiger partial charge < -0.3 is 9.84 Å². The number of rotatable bonds is 6. The number of hydrogen-bond acceptors (Lipinski definition) is 4. The molecule has 110 valence electrons. The number of anilines is 1. The Morgan fingerprint density at radius 1 is 1.45 bits per heavy atom. The fraction of sp³-hybridized carbons (Fsp3) is 0.385. The number of sulfonamides is 1. The molecule has 0 radical (unpaired) electrons. The molecule has 0 aliphatic carbocycles. The summed E-state index contributed by atoms with van der Waals surface area (Å²) in [5.74, 6) is 4.32. The zero-order valence-electron chi connectivity index (χ0n) is 11.0. The number of hydrogen-bond donors (Lipinski definition) is 2. The van der Waals surface area contributed by atoms with Crippen molar-refractivity contribution in [3.8, 4) is 11.8 Å². The van der Waals surface area contributed by atoms with E-state index in [9.17, 15) is 12.8 Å². The molecule has 0 unspecified atom stereocenters. The van der Waals surface area contributed by atoms with Gasteiger partial charge in [0.05, 0.1) is 30.2 Å². The van der Waals surface area contributed by atoms with Crippen molar-refractivity contribution in [1.29, 1.82) is 0 Å². The molecule has 5 nitrogen and oxygen atoms in total. The first-order valence-corrected chi connectivity index (χ1v) is 7.52. The zero-order chi connectivity index (χ0) is 15.0. The molecule has 0 amide bonds. The van der Waals surface area contributed by atoms with E-state index >= 15 is 0 Å². The highest BCUT2D eigenvalue weighted by Gasteiger charge is 2.11. The summed E-state index contributed by atoms with van der Waals surface area (Å²) in [6, 6.07) is 3.87. The first-order valence-electron chi connectivity index (χ1n) is 5.87. The van der Waals surface area contributed by atoms with Gasteiger partial charge in [-0.3, -0.25) is 4.72 Å². The van der Waals surface area contributed by atoms with Gasteiger partial charge in [0.25, 0.3) is 0 Å². The summed E-state index contributed by atoms with van der Waals surface area (Å²) in [6.45, 7) is -0.0332. The Morgan fingerprint density at radius 3 is 2.80 bits per heavy atom. The summed E-state index contributed by atoms with van der Waals surface area (Å²) >= 11 is 0. The van der Waals surface area contributed by atoms with E-state index in [1.807, 2.05) is 0 Å². The molecule has 1 rings (SSSR count). The van der Waals surface area contributed by atoms with E-state index in [0.29, 0.717) is 0 Å². The van der Waals surface area contributed by atoms with E-state index in [4.69, 9.17) is 5.11 Å². The van der Waals surface area contributed by atoms with E-state index in [-0.39, 0.29) is 36.6 Å². The summed E-state index contributed by atoms with van der Waals surface area (Å²) in [6.07, 6.45) is 0.255. The molecule has 20 heavy (non-hydrogen) atoms. The van der Waals surface area contributed by atoms with Crippen molar-refractivity contribution >= 4 is 15.7 Å². The first kappa shape index (κ1) is 16.4. The van der Waals surface area contributed by atoms with Crippen LogP contribution >= 0.6 is 0 Å². The predicted molar refractivity (Wildman–Crippen MR) is 74.3 cm³/mol. The maximum absolute atomic E-state index is 13.7. The largest absolute Gasteiger partial charge is 0.395 e. The van der Waals surface area contributed by atoms with E-state index in [1.165, 1.54) is 19.2 Å². The lowest BCUT2D eigenvalue weighted by Crippen LogP contribution is -2.19. The predicted octanol–water partition coefficient (Wildman–Crippen LogP) is 0.948. The molecule has 0 heterocycles. The molecule has 2 N–H and O–H groups in total. The molecular formula is C13H16FNO4S. The Labute approximate surface area is 117 Å². The number of benzene rings is 1. The summed E-state index contributed by atoms with van der Waals surface area (Å²) in [4.78, 5) is 0. The normalized spacial score (nSPS) is 10.8. The minimum absolute atomic E-state index is 0.0581. The molecule has 0 atom stereocenters. The monoisotopic (exact) mass is 301 g/mol. The van der Waals surface area contributed by atoms with Gasteiger partial charge in [-0.2, -0.15) is 0 Å². The highest BCUT2D eigenvalue weighted by Crippen LogP contribution is 2.15. The molecule has 0 spiro atoms. The van der Waals surface area contributed by atoms with Crippen molar-refractivity contribution < 1.29 is 22.7 Å². The van der Waals surface area contributed by atoms with Crippen LogP contribution in [-0.4, -0.2) is 39.6 Å². The lowest BCUT2D eigenvalue weighted by Gasteiger charge is -2.08. The van der Waals surface area contributed by atoms with Crippen molar-refractivity contribution in [3.05, 3.63) is 29.6 Å². The molecule has 0 aromatic heterocycles. The van der Waals surface area contributed by atoms with E-state index in [0.717, 1.165) is 6.07 Å². The van der Waals surface area contributed by atoms with Crippen LogP contribution in [0.1, 0.15) is 12.0 Å². The van der Waals surface area contributed by atoms with Crippen LogP contribution in [0.2, 0.25) is 0 Å². The van der Waals surface area contributed by atoms with Crippen molar-refractivity contribution in [1.82, 2.24) is 0 Å². The minimum Gasteiger partial charge on any atom is -0.395 e. The van der Waals surface area contributed by atoms with Crippen LogP contribution in [-0.2, 0) is 14.8 Å². The number of methoxy groups -OCH3 is 1. The third-order valence-electron chi connectivity index (χ3n) is 2.26. The lowest BCUT2D eigenvalue weighted by atomic mass is 10.2. The average molecular weight is 301 g/mol. The average Bonchev–Trinajstić information content (AvgIpc) is 2.39. The van der Waals surface area contributed by atoms with Crippen LogP contribution < -0.4 is 4.72 Å². The Kier molecular flexibility index (Phi) is 6.45. The van der Waals surface area contributed by atoms with E-state index in [2.05, 4.69) is 21.3 Å². The third-order valence-corrected chi connectivity index (χ3v) is 3.51. The second-order valence-electron chi connectivity index (χ2n) is 3.88. The summed E-state index contributed by atoms with van der Waals surface area (Å²) in [5.41, 5.74) is 0.282. The highest BCUT2D eigenvalue weighted by molar-refractivity contribution is 7.92. The van der Waals surface area contributed by atoms with Crippen LogP contribution in [0.15, 0.2) is 18.2 Å². The Morgan fingerprint density at radius 2 is 2.20 bits per heavy atom. The van der Waals surface area contributed by atoms with Gasteiger partial charge in [-0.1, -0.05) is 11.8 Å². The maximum Gasteiger partial charge on any atom is 0.235 e. The van der Waals surface area contributed by atoms with Crippen LogP contribution in [0.25, 0.3) is 0 Å². The smallest absolute Gasteiger partial charge is 0.235 e. The molecule has 0 saturated heterocycles. The minimum atomic E-state index is -3.56. The topological polar surface area (TPSA) is 75.6 Å². The van der Waals surface area contributed by atoms with Crippen molar-refractivity contribution in [2.75, 3.05) is 30.8 Å². The van der Waals surface area contributed by atoms with Gasteiger partial charge in [0.2, 0.25) is 10.0 Å². The summed E-state index contributed by atoms with van der Waals surface area (Å²) < 4.78 is 43.8. The second-order valence-corrected chi connectivity index (χ2v) is 5.73. The Balaban J connectivity index is 2.80. The first-order chi connectivity index (χ1) is 9.48. The molecule has 0 fully saturated rings. The van der Waals surface area contributed by atoms with Gasteiger partial charge in [-0.05, 0) is 18.2 Å². The van der Waals surface area contributed by atoms with E-state index in [1.54, 1.807) is 0 Å². The molecule has 0 aliphatic rings. The highest BCUT2D eigenvalue weighted by atomic mass is 32.2. The molecular weight excluding hydrogens is 285 g/mol. The molecule has 7 heteroatoms. The van der Waals surface area contributed by atoms with Gasteiger partial charge in [0.1, 0.15) is 5.82 Å². The fourth-order valence-corrected chi connectivity index (χ4v) is 2.29. The zero-order valence-corrected chi connectivity index (χ0v) is 11.8. The molecule has 0 bridgehead atoms. The number of aliphatic hydroxyl groups excluding tert-OH is 1. The molecule has 1 aromatic carbocycles. The number of aliphatic hydroxyl groups is 1. The molecule has 1 aromatic rings. The van der Waals surface area contributed by atoms with Crippen LogP contribution in [0, 0.1) is 17.7 Å². The van der Waals surface area contributed by atoms with Gasteiger partial charge in [-0.25, -0.2) is 12.8 Å². The van der Waals surface area contributed by atoms with Crippen molar-refractivity contribution in [3.63, 3.8) is 0 Å².